The summed E-state index contributed by atoms with van der Waals surface area (Å²) in [7, 11) is 2.72. The fourth-order valence-electron chi connectivity index (χ4n) is 4.04. The quantitative estimate of drug-likeness (QED) is 0.284. The van der Waals surface area contributed by atoms with Crippen molar-refractivity contribution in [3.8, 4) is 11.5 Å². The molecule has 6 nitrogen and oxygen atoms in total. The molecule has 1 unspecified atom stereocenters. The standard InChI is InChI=1S/C26H20ClF2NO5/c1-34-20-12-18(27)21(35-2)11-17(20)24(31)22-23(16-5-3-4-6-19(16)29)30(26(33)25(22)32)13-14-7-9-15(28)10-8-14/h3-12,23,31H,13H2,1-2H3/b24-22+. The van der Waals surface area contributed by atoms with Crippen molar-refractivity contribution in [2.24, 2.45) is 0 Å². The minimum absolute atomic E-state index is 0.00950. The van der Waals surface area contributed by atoms with Gasteiger partial charge in [-0.2, -0.15) is 0 Å². The molecule has 0 radical (unpaired) electrons. The molecule has 1 atom stereocenters. The molecule has 1 aliphatic heterocycles. The number of rotatable bonds is 6. The Labute approximate surface area is 205 Å². The van der Waals surface area contributed by atoms with Crippen molar-refractivity contribution in [3.63, 3.8) is 0 Å². The van der Waals surface area contributed by atoms with Gasteiger partial charge in [0.05, 0.1) is 36.4 Å². The molecule has 3 aromatic rings. The van der Waals surface area contributed by atoms with Crippen LogP contribution in [-0.2, 0) is 16.1 Å². The summed E-state index contributed by atoms with van der Waals surface area (Å²) in [6.07, 6.45) is 0. The van der Waals surface area contributed by atoms with E-state index in [1.807, 2.05) is 0 Å². The van der Waals surface area contributed by atoms with Crippen LogP contribution in [0.15, 0.2) is 66.2 Å². The van der Waals surface area contributed by atoms with Crippen molar-refractivity contribution < 1.29 is 33.0 Å². The van der Waals surface area contributed by atoms with Crippen LogP contribution in [0.2, 0.25) is 5.02 Å². The topological polar surface area (TPSA) is 76.1 Å². The zero-order valence-electron chi connectivity index (χ0n) is 18.7. The average Bonchev–Trinajstić information content (AvgIpc) is 3.09. The highest BCUT2D eigenvalue weighted by molar-refractivity contribution is 6.46. The lowest BCUT2D eigenvalue weighted by atomic mass is 9.94. The number of likely N-dealkylation sites (tertiary alicyclic amines) is 1. The van der Waals surface area contributed by atoms with Crippen LogP contribution in [0.4, 0.5) is 8.78 Å². The summed E-state index contributed by atoms with van der Waals surface area (Å²) >= 11 is 6.16. The number of amides is 1. The Kier molecular flexibility index (Phi) is 6.75. The molecule has 0 saturated carbocycles. The van der Waals surface area contributed by atoms with Gasteiger partial charge < -0.3 is 19.5 Å². The number of ether oxygens (including phenoxy) is 2. The monoisotopic (exact) mass is 499 g/mol. The first kappa shape index (κ1) is 24.2. The van der Waals surface area contributed by atoms with Crippen molar-refractivity contribution in [2.45, 2.75) is 12.6 Å². The molecule has 35 heavy (non-hydrogen) atoms. The predicted octanol–water partition coefficient (Wildman–Crippen LogP) is 5.26. The van der Waals surface area contributed by atoms with Crippen LogP contribution in [0.1, 0.15) is 22.7 Å². The fraction of sp³-hybridized carbons (Fsp3) is 0.154. The number of carbonyl (C=O) groups excluding carboxylic acids is 2. The van der Waals surface area contributed by atoms with Crippen LogP contribution in [0.25, 0.3) is 5.76 Å². The van der Waals surface area contributed by atoms with Crippen LogP contribution in [0, 0.1) is 11.6 Å². The van der Waals surface area contributed by atoms with Crippen LogP contribution in [0.3, 0.4) is 0 Å². The van der Waals surface area contributed by atoms with Gasteiger partial charge in [-0.05, 0) is 29.8 Å². The maximum absolute atomic E-state index is 15.0. The summed E-state index contributed by atoms with van der Waals surface area (Å²) in [6, 6.07) is 12.5. The van der Waals surface area contributed by atoms with Gasteiger partial charge >= 0.3 is 0 Å². The molecule has 0 aliphatic carbocycles. The molecule has 1 heterocycles. The second-order valence-electron chi connectivity index (χ2n) is 7.76. The molecule has 1 aliphatic rings. The minimum atomic E-state index is -1.26. The van der Waals surface area contributed by atoms with Gasteiger partial charge in [0.2, 0.25) is 0 Å². The summed E-state index contributed by atoms with van der Waals surface area (Å²) in [5, 5.41) is 11.5. The SMILES string of the molecule is COc1cc(/C(O)=C2\C(=O)C(=O)N(Cc3ccc(F)cc3)C2c2ccccc2F)c(OC)cc1Cl. The Bertz CT molecular complexity index is 1340. The third-order valence-electron chi connectivity index (χ3n) is 5.73. The van der Waals surface area contributed by atoms with Crippen LogP contribution in [0.5, 0.6) is 11.5 Å². The van der Waals surface area contributed by atoms with Crippen molar-refractivity contribution in [1.29, 1.82) is 0 Å². The number of aliphatic hydroxyl groups excluding tert-OH is 1. The number of aliphatic hydroxyl groups is 1. The first-order valence-electron chi connectivity index (χ1n) is 10.5. The molecule has 9 heteroatoms. The Hall–Kier alpha value is -3.91. The second kappa shape index (κ2) is 9.76. The number of halogens is 3. The molecule has 0 spiro atoms. The van der Waals surface area contributed by atoms with Crippen LogP contribution in [-0.4, -0.2) is 35.9 Å². The van der Waals surface area contributed by atoms with E-state index >= 15 is 0 Å². The van der Waals surface area contributed by atoms with E-state index in [0.717, 1.165) is 4.90 Å². The van der Waals surface area contributed by atoms with Crippen LogP contribution >= 0.6 is 11.6 Å². The Morgan fingerprint density at radius 1 is 1.00 bits per heavy atom. The largest absolute Gasteiger partial charge is 0.507 e. The van der Waals surface area contributed by atoms with E-state index in [4.69, 9.17) is 21.1 Å². The molecule has 1 amide bonds. The number of ketones is 1. The highest BCUT2D eigenvalue weighted by Gasteiger charge is 2.47. The molecule has 0 bridgehead atoms. The van der Waals surface area contributed by atoms with Gasteiger partial charge in [-0.25, -0.2) is 8.78 Å². The molecule has 0 aromatic heterocycles. The minimum Gasteiger partial charge on any atom is -0.507 e. The van der Waals surface area contributed by atoms with E-state index in [1.165, 1.54) is 68.8 Å². The average molecular weight is 500 g/mol. The fourth-order valence-corrected chi connectivity index (χ4v) is 4.27. The van der Waals surface area contributed by atoms with Gasteiger partial charge in [-0.3, -0.25) is 9.59 Å². The first-order chi connectivity index (χ1) is 16.8. The van der Waals surface area contributed by atoms with Crippen LogP contribution < -0.4 is 9.47 Å². The van der Waals surface area contributed by atoms with E-state index in [1.54, 1.807) is 6.07 Å². The van der Waals surface area contributed by atoms with Crippen molar-refractivity contribution >= 4 is 29.1 Å². The summed E-state index contributed by atoms with van der Waals surface area (Å²) < 4.78 is 38.9. The highest BCUT2D eigenvalue weighted by atomic mass is 35.5. The summed E-state index contributed by atoms with van der Waals surface area (Å²) in [4.78, 5) is 27.4. The number of benzene rings is 3. The normalized spacial score (nSPS) is 17.1. The molecular weight excluding hydrogens is 480 g/mol. The third-order valence-corrected chi connectivity index (χ3v) is 6.03. The number of methoxy groups -OCH3 is 2. The summed E-state index contributed by atoms with van der Waals surface area (Å²) in [5.41, 5.74) is 0.232. The lowest BCUT2D eigenvalue weighted by Gasteiger charge is -2.26. The zero-order valence-corrected chi connectivity index (χ0v) is 19.5. The Morgan fingerprint density at radius 3 is 2.29 bits per heavy atom. The van der Waals surface area contributed by atoms with E-state index < -0.39 is 35.1 Å². The zero-order chi connectivity index (χ0) is 25.3. The van der Waals surface area contributed by atoms with E-state index in [9.17, 15) is 23.5 Å². The molecule has 4 rings (SSSR count). The molecule has 1 N–H and O–H groups in total. The van der Waals surface area contributed by atoms with Gasteiger partial charge in [0.15, 0.2) is 0 Å². The molecular formula is C26H20ClF2NO5. The van der Waals surface area contributed by atoms with E-state index in [-0.39, 0.29) is 39.8 Å². The van der Waals surface area contributed by atoms with Gasteiger partial charge in [0.25, 0.3) is 11.7 Å². The first-order valence-corrected chi connectivity index (χ1v) is 10.8. The number of Topliss-reactive ketones (excluding diaryl/α,β-unsaturated/α-hetero) is 1. The van der Waals surface area contributed by atoms with Gasteiger partial charge in [0.1, 0.15) is 28.9 Å². The predicted molar refractivity (Wildman–Crippen MR) is 125 cm³/mol. The summed E-state index contributed by atoms with van der Waals surface area (Å²) in [6.45, 7) is -0.123. The van der Waals surface area contributed by atoms with E-state index in [0.29, 0.717) is 5.56 Å². The number of hydrogen-bond donors (Lipinski definition) is 1. The molecule has 1 saturated heterocycles. The number of carbonyl (C=O) groups is 2. The Morgan fingerprint density at radius 2 is 1.66 bits per heavy atom. The smallest absolute Gasteiger partial charge is 0.295 e. The van der Waals surface area contributed by atoms with E-state index in [2.05, 4.69) is 0 Å². The summed E-state index contributed by atoms with van der Waals surface area (Å²) in [5.74, 6) is -3.36. The van der Waals surface area contributed by atoms with Gasteiger partial charge in [-0.1, -0.05) is 41.9 Å². The third kappa shape index (κ3) is 4.44. The van der Waals surface area contributed by atoms with Crippen molar-refractivity contribution in [3.05, 3.63) is 99.6 Å². The lowest BCUT2D eigenvalue weighted by Crippen LogP contribution is -2.29. The Balaban J connectivity index is 1.93. The maximum Gasteiger partial charge on any atom is 0.295 e. The highest BCUT2D eigenvalue weighted by Crippen LogP contribution is 2.44. The number of nitrogens with zero attached hydrogens (tertiary/aromatic N) is 1. The maximum atomic E-state index is 15.0. The number of hydrogen-bond acceptors (Lipinski definition) is 5. The second-order valence-corrected chi connectivity index (χ2v) is 8.17. The van der Waals surface area contributed by atoms with Gasteiger partial charge in [-0.15, -0.1) is 0 Å². The van der Waals surface area contributed by atoms with Crippen molar-refractivity contribution in [2.75, 3.05) is 14.2 Å². The lowest BCUT2D eigenvalue weighted by molar-refractivity contribution is -0.140. The molecule has 1 fully saturated rings. The molecule has 180 valence electrons. The van der Waals surface area contributed by atoms with Gasteiger partial charge in [0, 0.05) is 18.2 Å². The van der Waals surface area contributed by atoms with Crippen molar-refractivity contribution in [1.82, 2.24) is 4.90 Å². The molecule has 3 aromatic carbocycles.